The molecule has 3 aromatic rings. The second kappa shape index (κ2) is 9.60. The van der Waals surface area contributed by atoms with E-state index in [-0.39, 0.29) is 16.4 Å². The highest BCUT2D eigenvalue weighted by molar-refractivity contribution is 7.90. The molecule has 0 saturated carbocycles. The maximum Gasteiger partial charge on any atom is 0.319 e. The lowest BCUT2D eigenvalue weighted by atomic mass is 10.1. The van der Waals surface area contributed by atoms with Gasteiger partial charge in [-0.15, -0.1) is 0 Å². The van der Waals surface area contributed by atoms with Gasteiger partial charge in [0.05, 0.1) is 26.7 Å². The van der Waals surface area contributed by atoms with Crippen molar-refractivity contribution in [3.8, 4) is 5.75 Å². The molecule has 2 amide bonds. The Labute approximate surface area is 190 Å². The second-order valence-corrected chi connectivity index (χ2v) is 9.69. The number of nitrogens with one attached hydrogen (secondary N) is 2. The molecular formula is C22H20Cl2N2O4S. The predicted octanol–water partition coefficient (Wildman–Crippen LogP) is 5.56. The molecule has 3 rings (SSSR count). The van der Waals surface area contributed by atoms with E-state index in [0.29, 0.717) is 26.9 Å². The van der Waals surface area contributed by atoms with Crippen LogP contribution in [0.15, 0.2) is 71.6 Å². The molecule has 0 radical (unpaired) electrons. The van der Waals surface area contributed by atoms with Crippen molar-refractivity contribution in [3.63, 3.8) is 0 Å². The van der Waals surface area contributed by atoms with Gasteiger partial charge < -0.3 is 15.7 Å². The number of amides is 2. The van der Waals surface area contributed by atoms with Crippen molar-refractivity contribution >= 4 is 44.8 Å². The van der Waals surface area contributed by atoms with Crippen LogP contribution in [0.1, 0.15) is 24.1 Å². The topological polar surface area (TPSA) is 95.5 Å². The highest BCUT2D eigenvalue weighted by Gasteiger charge is 2.17. The van der Waals surface area contributed by atoms with Crippen molar-refractivity contribution < 1.29 is 18.3 Å². The number of aromatic hydroxyl groups is 1. The number of halogens is 2. The number of phenols is 1. The monoisotopic (exact) mass is 478 g/mol. The smallest absolute Gasteiger partial charge is 0.319 e. The fourth-order valence-electron chi connectivity index (χ4n) is 2.99. The fourth-order valence-corrected chi connectivity index (χ4v) is 4.80. The molecule has 0 aromatic heterocycles. The summed E-state index contributed by atoms with van der Waals surface area (Å²) in [5, 5.41) is 15.7. The van der Waals surface area contributed by atoms with Crippen molar-refractivity contribution in [2.75, 3.05) is 5.32 Å². The Bertz CT molecular complexity index is 1200. The lowest BCUT2D eigenvalue weighted by Crippen LogP contribution is -2.31. The van der Waals surface area contributed by atoms with Crippen LogP contribution in [0.2, 0.25) is 10.0 Å². The third-order valence-electron chi connectivity index (χ3n) is 4.53. The maximum absolute atomic E-state index is 12.6. The van der Waals surface area contributed by atoms with Gasteiger partial charge in [-0.2, -0.15) is 0 Å². The van der Waals surface area contributed by atoms with E-state index in [2.05, 4.69) is 10.6 Å². The molecule has 9 heteroatoms. The molecule has 0 heterocycles. The highest BCUT2D eigenvalue weighted by Crippen LogP contribution is 2.29. The van der Waals surface area contributed by atoms with E-state index in [1.807, 2.05) is 0 Å². The Morgan fingerprint density at radius 2 is 1.71 bits per heavy atom. The Kier molecular flexibility index (Phi) is 7.10. The van der Waals surface area contributed by atoms with Crippen LogP contribution in [0.25, 0.3) is 0 Å². The number of urea groups is 1. The van der Waals surface area contributed by atoms with Crippen LogP contribution in [-0.2, 0) is 15.6 Å². The number of carbonyl (C=O) groups is 1. The van der Waals surface area contributed by atoms with E-state index in [4.69, 9.17) is 23.2 Å². The zero-order valence-electron chi connectivity index (χ0n) is 16.5. The Morgan fingerprint density at radius 3 is 2.39 bits per heavy atom. The Morgan fingerprint density at radius 1 is 1.03 bits per heavy atom. The van der Waals surface area contributed by atoms with Crippen LogP contribution in [0.3, 0.4) is 0 Å². The van der Waals surface area contributed by atoms with E-state index < -0.39 is 21.9 Å². The summed E-state index contributed by atoms with van der Waals surface area (Å²) in [6.07, 6.45) is 0. The average molecular weight is 479 g/mol. The van der Waals surface area contributed by atoms with Crippen molar-refractivity contribution in [1.29, 1.82) is 0 Å². The molecule has 0 spiro atoms. The standard InChI is InChI=1S/C22H20Cl2N2O4S/c1-14(19-6-3-7-20(23)21(19)24)25-22(28)26-16-8-10-18(11-9-16)31(29,30)13-15-4-2-5-17(27)12-15/h2-12,14,27H,13H2,1H3,(H2,25,26,28). The zero-order valence-corrected chi connectivity index (χ0v) is 18.8. The van der Waals surface area contributed by atoms with Crippen LogP contribution >= 0.6 is 23.2 Å². The number of anilines is 1. The summed E-state index contributed by atoms with van der Waals surface area (Å²) in [6.45, 7) is 1.77. The quantitative estimate of drug-likeness (QED) is 0.432. The molecule has 0 aliphatic heterocycles. The first-order chi connectivity index (χ1) is 14.7. The van der Waals surface area contributed by atoms with Crippen LogP contribution in [0.5, 0.6) is 5.75 Å². The molecule has 1 atom stereocenters. The van der Waals surface area contributed by atoms with Crippen molar-refractivity contribution in [3.05, 3.63) is 87.9 Å². The van der Waals surface area contributed by atoms with E-state index >= 15 is 0 Å². The molecule has 0 aliphatic carbocycles. The largest absolute Gasteiger partial charge is 0.508 e. The van der Waals surface area contributed by atoms with Gasteiger partial charge in [0.2, 0.25) is 0 Å². The molecule has 3 aromatic carbocycles. The molecule has 162 valence electrons. The number of carbonyl (C=O) groups excluding carboxylic acids is 1. The van der Waals surface area contributed by atoms with E-state index in [0.717, 1.165) is 0 Å². The molecule has 0 fully saturated rings. The third kappa shape index (κ3) is 5.91. The number of hydrogen-bond donors (Lipinski definition) is 3. The Hall–Kier alpha value is -2.74. The minimum absolute atomic E-state index is 0.00606. The van der Waals surface area contributed by atoms with E-state index in [9.17, 15) is 18.3 Å². The maximum atomic E-state index is 12.6. The molecule has 0 aliphatic rings. The minimum Gasteiger partial charge on any atom is -0.508 e. The van der Waals surface area contributed by atoms with Gasteiger partial charge in [0.1, 0.15) is 5.75 Å². The summed E-state index contributed by atoms with van der Waals surface area (Å²) in [5.74, 6) is -0.237. The van der Waals surface area contributed by atoms with Crippen molar-refractivity contribution in [1.82, 2.24) is 5.32 Å². The molecule has 6 nitrogen and oxygen atoms in total. The van der Waals surface area contributed by atoms with Crippen molar-refractivity contribution in [2.45, 2.75) is 23.6 Å². The Balaban J connectivity index is 1.64. The summed E-state index contributed by atoms with van der Waals surface area (Å²) < 4.78 is 25.2. The van der Waals surface area contributed by atoms with E-state index in [1.165, 1.54) is 36.4 Å². The SMILES string of the molecule is CC(NC(=O)Nc1ccc(S(=O)(=O)Cc2cccc(O)c2)cc1)c1cccc(Cl)c1Cl. The highest BCUT2D eigenvalue weighted by atomic mass is 35.5. The third-order valence-corrected chi connectivity index (χ3v) is 7.07. The van der Waals surface area contributed by atoms with Gasteiger partial charge in [0.25, 0.3) is 0 Å². The van der Waals surface area contributed by atoms with Gasteiger partial charge in [-0.05, 0) is 60.5 Å². The zero-order chi connectivity index (χ0) is 22.6. The van der Waals surface area contributed by atoms with Gasteiger partial charge in [-0.1, -0.05) is 47.5 Å². The molecule has 0 bridgehead atoms. The molecule has 1 unspecified atom stereocenters. The first-order valence-corrected chi connectivity index (χ1v) is 11.7. The first kappa shape index (κ1) is 22.9. The van der Waals surface area contributed by atoms with Gasteiger partial charge in [-0.25, -0.2) is 13.2 Å². The number of rotatable bonds is 6. The lowest BCUT2D eigenvalue weighted by molar-refractivity contribution is 0.249. The number of hydrogen-bond acceptors (Lipinski definition) is 4. The summed E-state index contributed by atoms with van der Waals surface area (Å²) in [6, 6.07) is 16.3. The summed E-state index contributed by atoms with van der Waals surface area (Å²) in [4.78, 5) is 12.4. The number of sulfone groups is 1. The summed E-state index contributed by atoms with van der Waals surface area (Å²) in [5.41, 5.74) is 1.59. The average Bonchev–Trinajstić information content (AvgIpc) is 2.70. The van der Waals surface area contributed by atoms with Crippen LogP contribution < -0.4 is 10.6 Å². The number of phenolic OH excluding ortho intramolecular Hbond substituents is 1. The predicted molar refractivity (Wildman–Crippen MR) is 122 cm³/mol. The van der Waals surface area contributed by atoms with Crippen LogP contribution in [0, 0.1) is 0 Å². The van der Waals surface area contributed by atoms with Gasteiger partial charge in [0.15, 0.2) is 9.84 Å². The normalized spacial score (nSPS) is 12.2. The van der Waals surface area contributed by atoms with Gasteiger partial charge in [0, 0.05) is 5.69 Å². The second-order valence-electron chi connectivity index (χ2n) is 6.92. The summed E-state index contributed by atoms with van der Waals surface area (Å²) in [7, 11) is -3.61. The number of benzene rings is 3. The first-order valence-electron chi connectivity index (χ1n) is 9.28. The lowest BCUT2D eigenvalue weighted by Gasteiger charge is -2.17. The molecular weight excluding hydrogens is 459 g/mol. The van der Waals surface area contributed by atoms with Crippen LogP contribution in [-0.4, -0.2) is 19.6 Å². The van der Waals surface area contributed by atoms with Crippen molar-refractivity contribution in [2.24, 2.45) is 0 Å². The molecule has 3 N–H and O–H groups in total. The summed E-state index contributed by atoms with van der Waals surface area (Å²) >= 11 is 12.2. The molecule has 0 saturated heterocycles. The van der Waals surface area contributed by atoms with Gasteiger partial charge in [-0.3, -0.25) is 0 Å². The fraction of sp³-hybridized carbons (Fsp3) is 0.136. The van der Waals surface area contributed by atoms with Crippen LogP contribution in [0.4, 0.5) is 10.5 Å². The minimum atomic E-state index is -3.61. The molecule has 31 heavy (non-hydrogen) atoms. The van der Waals surface area contributed by atoms with Gasteiger partial charge >= 0.3 is 6.03 Å². The van der Waals surface area contributed by atoms with E-state index in [1.54, 1.807) is 37.3 Å².